The van der Waals surface area contributed by atoms with Crippen LogP contribution < -0.4 is 5.73 Å². The highest BCUT2D eigenvalue weighted by Crippen LogP contribution is 2.24. The zero-order chi connectivity index (χ0) is 12.6. The molecule has 1 amide bonds. The minimum atomic E-state index is -0.691. The SMILES string of the molecule is CC(C)(C)CC(N)CC(=O)N1CC(C)(O)C1. The highest BCUT2D eigenvalue weighted by Gasteiger charge is 2.39. The number of nitrogens with two attached hydrogens (primary N) is 1. The predicted octanol–water partition coefficient (Wildman–Crippen LogP) is 0.733. The van der Waals surface area contributed by atoms with Crippen LogP contribution in [-0.2, 0) is 4.79 Å². The highest BCUT2D eigenvalue weighted by atomic mass is 16.3. The lowest BCUT2D eigenvalue weighted by Gasteiger charge is -2.44. The second-order valence-corrected chi connectivity index (χ2v) is 6.48. The fraction of sp³-hybridized carbons (Fsp3) is 0.917. The molecule has 1 aliphatic rings. The molecule has 0 aromatic heterocycles. The first-order valence-electron chi connectivity index (χ1n) is 5.85. The van der Waals surface area contributed by atoms with Crippen molar-refractivity contribution in [3.8, 4) is 0 Å². The van der Waals surface area contributed by atoms with Crippen LogP contribution in [0.3, 0.4) is 0 Å². The van der Waals surface area contributed by atoms with Gasteiger partial charge in [-0.2, -0.15) is 0 Å². The van der Waals surface area contributed by atoms with Gasteiger partial charge in [-0.25, -0.2) is 0 Å². The molecule has 0 aliphatic carbocycles. The standard InChI is InChI=1S/C12H24N2O2/c1-11(2,3)6-9(13)5-10(15)14-7-12(4,16)8-14/h9,16H,5-8,13H2,1-4H3. The number of carbonyl (C=O) groups excluding carboxylic acids is 1. The largest absolute Gasteiger partial charge is 0.386 e. The minimum absolute atomic E-state index is 0.0586. The Hall–Kier alpha value is -0.610. The molecule has 1 rings (SSSR count). The summed E-state index contributed by atoms with van der Waals surface area (Å²) in [6.07, 6.45) is 1.22. The van der Waals surface area contributed by atoms with Crippen LogP contribution in [0.4, 0.5) is 0 Å². The summed E-state index contributed by atoms with van der Waals surface area (Å²) in [5, 5.41) is 9.53. The first-order valence-corrected chi connectivity index (χ1v) is 5.85. The quantitative estimate of drug-likeness (QED) is 0.748. The van der Waals surface area contributed by atoms with E-state index >= 15 is 0 Å². The molecule has 0 spiro atoms. The van der Waals surface area contributed by atoms with Crippen LogP contribution in [0.25, 0.3) is 0 Å². The van der Waals surface area contributed by atoms with Crippen molar-refractivity contribution < 1.29 is 9.90 Å². The van der Waals surface area contributed by atoms with Crippen LogP contribution in [0.1, 0.15) is 40.5 Å². The van der Waals surface area contributed by atoms with Crippen LogP contribution in [0.15, 0.2) is 0 Å². The Morgan fingerprint density at radius 2 is 2.00 bits per heavy atom. The zero-order valence-electron chi connectivity index (χ0n) is 10.8. The van der Waals surface area contributed by atoms with Crippen molar-refractivity contribution in [1.29, 1.82) is 0 Å². The van der Waals surface area contributed by atoms with Crippen LogP contribution in [0.2, 0.25) is 0 Å². The molecule has 1 fully saturated rings. The Kier molecular flexibility index (Phi) is 3.65. The van der Waals surface area contributed by atoms with Gasteiger partial charge in [0.2, 0.25) is 5.91 Å². The number of nitrogens with zero attached hydrogens (tertiary/aromatic N) is 1. The Morgan fingerprint density at radius 1 is 1.50 bits per heavy atom. The van der Waals surface area contributed by atoms with Crippen LogP contribution in [0, 0.1) is 5.41 Å². The van der Waals surface area contributed by atoms with E-state index in [1.807, 2.05) is 0 Å². The molecule has 0 aromatic rings. The van der Waals surface area contributed by atoms with Crippen molar-refractivity contribution >= 4 is 5.91 Å². The van der Waals surface area contributed by atoms with E-state index in [4.69, 9.17) is 5.73 Å². The van der Waals surface area contributed by atoms with Crippen molar-refractivity contribution in [3.63, 3.8) is 0 Å². The van der Waals surface area contributed by atoms with Gasteiger partial charge in [-0.3, -0.25) is 4.79 Å². The van der Waals surface area contributed by atoms with Crippen molar-refractivity contribution in [1.82, 2.24) is 4.90 Å². The predicted molar refractivity (Wildman–Crippen MR) is 63.9 cm³/mol. The zero-order valence-corrected chi connectivity index (χ0v) is 10.8. The van der Waals surface area contributed by atoms with E-state index in [2.05, 4.69) is 20.8 Å². The first kappa shape index (κ1) is 13.5. The summed E-state index contributed by atoms with van der Waals surface area (Å²) in [4.78, 5) is 13.4. The van der Waals surface area contributed by atoms with E-state index in [1.54, 1.807) is 11.8 Å². The number of aliphatic hydroxyl groups is 1. The van der Waals surface area contributed by atoms with Gasteiger partial charge >= 0.3 is 0 Å². The second kappa shape index (κ2) is 4.34. The van der Waals surface area contributed by atoms with Gasteiger partial charge < -0.3 is 15.7 Å². The molecule has 94 valence electrons. The molecule has 0 saturated carbocycles. The molecule has 16 heavy (non-hydrogen) atoms. The van der Waals surface area contributed by atoms with Gasteiger partial charge in [-0.05, 0) is 18.8 Å². The van der Waals surface area contributed by atoms with Crippen molar-refractivity contribution in [2.75, 3.05) is 13.1 Å². The highest BCUT2D eigenvalue weighted by molar-refractivity contribution is 5.78. The summed E-state index contributed by atoms with van der Waals surface area (Å²) in [6.45, 7) is 8.97. The Bertz CT molecular complexity index is 261. The lowest BCUT2D eigenvalue weighted by molar-refractivity contribution is -0.152. The average molecular weight is 228 g/mol. The Labute approximate surface area is 97.8 Å². The molecule has 0 radical (unpaired) electrons. The summed E-state index contributed by atoms with van der Waals surface area (Å²) in [7, 11) is 0. The molecular weight excluding hydrogens is 204 g/mol. The summed E-state index contributed by atoms with van der Waals surface area (Å²) >= 11 is 0. The summed E-state index contributed by atoms with van der Waals surface area (Å²) in [6, 6.07) is -0.0851. The van der Waals surface area contributed by atoms with Crippen LogP contribution in [-0.4, -0.2) is 40.6 Å². The first-order chi connectivity index (χ1) is 7.09. The summed E-state index contributed by atoms with van der Waals surface area (Å²) in [5.41, 5.74) is 5.40. The van der Waals surface area contributed by atoms with Gasteiger partial charge in [-0.1, -0.05) is 20.8 Å². The molecule has 0 bridgehead atoms. The van der Waals surface area contributed by atoms with Gasteiger partial charge in [-0.15, -0.1) is 0 Å². The van der Waals surface area contributed by atoms with E-state index in [0.717, 1.165) is 6.42 Å². The topological polar surface area (TPSA) is 66.6 Å². The van der Waals surface area contributed by atoms with E-state index in [0.29, 0.717) is 19.5 Å². The van der Waals surface area contributed by atoms with Crippen LogP contribution in [0.5, 0.6) is 0 Å². The molecular formula is C12H24N2O2. The molecule has 1 unspecified atom stereocenters. The summed E-state index contributed by atoms with van der Waals surface area (Å²) in [5.74, 6) is 0.0586. The Morgan fingerprint density at radius 3 is 2.38 bits per heavy atom. The maximum Gasteiger partial charge on any atom is 0.224 e. The fourth-order valence-electron chi connectivity index (χ4n) is 2.16. The third kappa shape index (κ3) is 4.10. The monoisotopic (exact) mass is 228 g/mol. The number of carbonyl (C=O) groups is 1. The number of hydrogen-bond donors (Lipinski definition) is 2. The molecule has 0 aromatic carbocycles. The fourth-order valence-corrected chi connectivity index (χ4v) is 2.16. The molecule has 1 heterocycles. The molecule has 4 heteroatoms. The van der Waals surface area contributed by atoms with Gasteiger partial charge in [0.05, 0.1) is 18.7 Å². The van der Waals surface area contributed by atoms with E-state index < -0.39 is 5.60 Å². The van der Waals surface area contributed by atoms with Crippen molar-refractivity contribution in [3.05, 3.63) is 0 Å². The minimum Gasteiger partial charge on any atom is -0.386 e. The van der Waals surface area contributed by atoms with Crippen molar-refractivity contribution in [2.45, 2.75) is 52.2 Å². The maximum absolute atomic E-state index is 11.7. The number of β-amino-alcohol motifs (C(OH)–C–C–N with tert-alkyl or cyclic N) is 1. The molecule has 1 aliphatic heterocycles. The van der Waals surface area contributed by atoms with E-state index in [1.165, 1.54) is 0 Å². The average Bonchev–Trinajstić information content (AvgIpc) is 1.95. The number of likely N-dealkylation sites (tertiary alicyclic amines) is 1. The molecule has 1 saturated heterocycles. The van der Waals surface area contributed by atoms with E-state index in [9.17, 15) is 9.90 Å². The van der Waals surface area contributed by atoms with Gasteiger partial charge in [0.25, 0.3) is 0 Å². The number of amides is 1. The van der Waals surface area contributed by atoms with Gasteiger partial charge in [0.1, 0.15) is 0 Å². The number of rotatable bonds is 3. The van der Waals surface area contributed by atoms with E-state index in [-0.39, 0.29) is 17.4 Å². The van der Waals surface area contributed by atoms with Gasteiger partial charge in [0.15, 0.2) is 0 Å². The maximum atomic E-state index is 11.7. The molecule has 3 N–H and O–H groups in total. The summed E-state index contributed by atoms with van der Waals surface area (Å²) < 4.78 is 0. The smallest absolute Gasteiger partial charge is 0.224 e. The van der Waals surface area contributed by atoms with Crippen LogP contribution >= 0.6 is 0 Å². The normalized spacial score (nSPS) is 21.5. The lowest BCUT2D eigenvalue weighted by atomic mass is 9.87. The second-order valence-electron chi connectivity index (χ2n) is 6.48. The lowest BCUT2D eigenvalue weighted by Crippen LogP contribution is -2.62. The Balaban J connectivity index is 2.30. The van der Waals surface area contributed by atoms with Crippen molar-refractivity contribution in [2.24, 2.45) is 11.1 Å². The van der Waals surface area contributed by atoms with Gasteiger partial charge in [0, 0.05) is 12.5 Å². The molecule has 4 nitrogen and oxygen atoms in total. The third-order valence-corrected chi connectivity index (χ3v) is 2.73. The molecule has 1 atom stereocenters. The third-order valence-electron chi connectivity index (χ3n) is 2.73. The number of hydrogen-bond acceptors (Lipinski definition) is 3.